The van der Waals surface area contributed by atoms with E-state index in [9.17, 15) is 22.8 Å². The van der Waals surface area contributed by atoms with E-state index in [1.807, 2.05) is 0 Å². The van der Waals surface area contributed by atoms with Crippen LogP contribution in [0, 0.1) is 0 Å². The maximum absolute atomic E-state index is 11.8. The number of nitrogens with zero attached hydrogens (tertiary/aromatic N) is 1. The van der Waals surface area contributed by atoms with Crippen molar-refractivity contribution in [2.45, 2.75) is 12.4 Å². The maximum Gasteiger partial charge on any atom is 0.490 e. The number of carbonyl (C=O) groups excluding carboxylic acids is 2. The first kappa shape index (κ1) is 13.1. The van der Waals surface area contributed by atoms with Crippen LogP contribution in [0.5, 0.6) is 0 Å². The number of carbonyl (C=O) groups is 2. The molecule has 0 fully saturated rings. The number of esters is 1. The predicted octanol–water partition coefficient (Wildman–Crippen LogP) is 0.655. The lowest BCUT2D eigenvalue weighted by Gasteiger charge is -2.12. The number of rotatable bonds is 3. The summed E-state index contributed by atoms with van der Waals surface area (Å²) in [6, 6.07) is 2.68. The average molecular weight is 248 g/mol. The van der Waals surface area contributed by atoms with Gasteiger partial charge in [0.05, 0.1) is 0 Å². The maximum atomic E-state index is 11.8. The number of aromatic nitrogens is 1. The minimum Gasteiger partial charge on any atom is -0.432 e. The van der Waals surface area contributed by atoms with Gasteiger partial charge in [0.15, 0.2) is 0 Å². The molecule has 0 aliphatic carbocycles. The number of hydrogen-bond donors (Lipinski definition) is 1. The van der Waals surface area contributed by atoms with E-state index in [0.717, 1.165) is 6.20 Å². The van der Waals surface area contributed by atoms with Crippen LogP contribution in [0.4, 0.5) is 13.2 Å². The normalized spacial score (nSPS) is 12.9. The number of hydrogen-bond acceptors (Lipinski definition) is 5. The van der Waals surface area contributed by atoms with Crippen molar-refractivity contribution in [3.05, 3.63) is 30.1 Å². The molecule has 1 heterocycles. The van der Waals surface area contributed by atoms with Gasteiger partial charge in [0, 0.05) is 18.0 Å². The molecule has 0 aliphatic rings. The third kappa shape index (κ3) is 3.52. The number of pyridine rings is 1. The van der Waals surface area contributed by atoms with Gasteiger partial charge >= 0.3 is 12.1 Å². The molecular formula is C9H7F3N2O3. The van der Waals surface area contributed by atoms with Crippen molar-refractivity contribution in [2.75, 3.05) is 0 Å². The summed E-state index contributed by atoms with van der Waals surface area (Å²) >= 11 is 0. The first-order valence-electron chi connectivity index (χ1n) is 4.30. The van der Waals surface area contributed by atoms with Crippen LogP contribution in [0.25, 0.3) is 0 Å². The highest BCUT2D eigenvalue weighted by atomic mass is 19.4. The topological polar surface area (TPSA) is 82.3 Å². The lowest BCUT2D eigenvalue weighted by Crippen LogP contribution is -2.39. The van der Waals surface area contributed by atoms with Crippen LogP contribution < -0.4 is 5.73 Å². The predicted molar refractivity (Wildman–Crippen MR) is 48.7 cm³/mol. The van der Waals surface area contributed by atoms with Crippen LogP contribution in [-0.2, 0) is 9.53 Å². The quantitative estimate of drug-likeness (QED) is 0.482. The molecule has 0 bridgehead atoms. The van der Waals surface area contributed by atoms with E-state index < -0.39 is 24.2 Å². The molecule has 0 saturated heterocycles. The van der Waals surface area contributed by atoms with Crippen LogP contribution >= 0.6 is 0 Å². The van der Waals surface area contributed by atoms with Gasteiger partial charge < -0.3 is 4.74 Å². The summed E-state index contributed by atoms with van der Waals surface area (Å²) in [5.74, 6) is -3.47. The Labute approximate surface area is 93.4 Å². The van der Waals surface area contributed by atoms with Crippen LogP contribution in [0.2, 0.25) is 0 Å². The highest BCUT2D eigenvalue weighted by Crippen LogP contribution is 2.17. The largest absolute Gasteiger partial charge is 0.490 e. The average Bonchev–Trinajstić information content (AvgIpc) is 2.27. The van der Waals surface area contributed by atoms with E-state index >= 15 is 0 Å². The smallest absolute Gasteiger partial charge is 0.432 e. The van der Waals surface area contributed by atoms with Crippen LogP contribution in [0.1, 0.15) is 10.4 Å². The molecular weight excluding hydrogens is 241 g/mol. The number of ketones is 1. The Morgan fingerprint density at radius 2 is 2.06 bits per heavy atom. The Bertz CT molecular complexity index is 419. The molecule has 0 aliphatic heterocycles. The molecule has 8 heteroatoms. The second-order valence-corrected chi connectivity index (χ2v) is 2.93. The zero-order valence-corrected chi connectivity index (χ0v) is 8.27. The number of Topliss-reactive ketones (excluding diaryl/α,β-unsaturated/α-hetero) is 1. The SMILES string of the molecule is NC(OC(=O)C(F)(F)F)C(=O)c1cccnc1. The lowest BCUT2D eigenvalue weighted by atomic mass is 10.2. The van der Waals surface area contributed by atoms with E-state index in [2.05, 4.69) is 9.72 Å². The highest BCUT2D eigenvalue weighted by Gasteiger charge is 2.42. The van der Waals surface area contributed by atoms with Crippen LogP contribution in [0.15, 0.2) is 24.5 Å². The highest BCUT2D eigenvalue weighted by molar-refractivity contribution is 5.99. The van der Waals surface area contributed by atoms with E-state index in [4.69, 9.17) is 5.73 Å². The van der Waals surface area contributed by atoms with E-state index in [1.165, 1.54) is 18.3 Å². The molecule has 1 rings (SSSR count). The monoisotopic (exact) mass is 248 g/mol. The van der Waals surface area contributed by atoms with Gasteiger partial charge in [0.25, 0.3) is 0 Å². The Hall–Kier alpha value is -1.96. The molecule has 1 aromatic rings. The summed E-state index contributed by atoms with van der Waals surface area (Å²) in [5, 5.41) is 0. The molecule has 1 aromatic heterocycles. The molecule has 0 aromatic carbocycles. The third-order valence-corrected chi connectivity index (χ3v) is 1.67. The Kier molecular flexibility index (Phi) is 3.79. The van der Waals surface area contributed by atoms with Crippen molar-refractivity contribution in [3.8, 4) is 0 Å². The van der Waals surface area contributed by atoms with Gasteiger partial charge in [-0.05, 0) is 12.1 Å². The minimum absolute atomic E-state index is 0.0463. The summed E-state index contributed by atoms with van der Waals surface area (Å²) < 4.78 is 39.2. The molecule has 1 atom stereocenters. The van der Waals surface area contributed by atoms with Gasteiger partial charge in [-0.15, -0.1) is 0 Å². The molecule has 0 radical (unpaired) electrons. The van der Waals surface area contributed by atoms with Gasteiger partial charge in [-0.25, -0.2) is 4.79 Å². The van der Waals surface area contributed by atoms with E-state index in [0.29, 0.717) is 0 Å². The Balaban J connectivity index is 2.69. The van der Waals surface area contributed by atoms with Crippen molar-refractivity contribution in [3.63, 3.8) is 0 Å². The fourth-order valence-corrected chi connectivity index (χ4v) is 0.908. The molecule has 92 valence electrons. The number of ether oxygens (including phenoxy) is 1. The summed E-state index contributed by atoms with van der Waals surface area (Å²) in [4.78, 5) is 25.4. The van der Waals surface area contributed by atoms with Crippen molar-refractivity contribution < 1.29 is 27.5 Å². The minimum atomic E-state index is -5.19. The number of nitrogens with two attached hydrogens (primary N) is 1. The molecule has 5 nitrogen and oxygen atoms in total. The summed E-state index contributed by atoms with van der Waals surface area (Å²) in [6.45, 7) is 0. The van der Waals surface area contributed by atoms with Gasteiger partial charge in [-0.3, -0.25) is 15.5 Å². The van der Waals surface area contributed by atoms with Crippen molar-refractivity contribution in [2.24, 2.45) is 5.73 Å². The summed E-state index contributed by atoms with van der Waals surface area (Å²) in [7, 11) is 0. The number of alkyl halides is 3. The first-order valence-corrected chi connectivity index (χ1v) is 4.30. The van der Waals surface area contributed by atoms with Gasteiger partial charge in [-0.1, -0.05) is 0 Å². The van der Waals surface area contributed by atoms with E-state index in [-0.39, 0.29) is 5.56 Å². The zero-order valence-electron chi connectivity index (χ0n) is 8.27. The number of halogens is 3. The van der Waals surface area contributed by atoms with Gasteiger partial charge in [0.2, 0.25) is 12.0 Å². The van der Waals surface area contributed by atoms with Gasteiger partial charge in [0.1, 0.15) is 0 Å². The molecule has 0 amide bonds. The van der Waals surface area contributed by atoms with Gasteiger partial charge in [-0.2, -0.15) is 13.2 Å². The van der Waals surface area contributed by atoms with Crippen molar-refractivity contribution in [1.82, 2.24) is 4.98 Å². The Morgan fingerprint density at radius 1 is 1.41 bits per heavy atom. The van der Waals surface area contributed by atoms with Crippen LogP contribution in [-0.4, -0.2) is 29.1 Å². The van der Waals surface area contributed by atoms with Crippen molar-refractivity contribution >= 4 is 11.8 Å². The van der Waals surface area contributed by atoms with Crippen LogP contribution in [0.3, 0.4) is 0 Å². The molecule has 0 spiro atoms. The fraction of sp³-hybridized carbons (Fsp3) is 0.222. The second kappa shape index (κ2) is 4.91. The van der Waals surface area contributed by atoms with E-state index in [1.54, 1.807) is 0 Å². The lowest BCUT2D eigenvalue weighted by molar-refractivity contribution is -0.202. The molecule has 1 unspecified atom stereocenters. The molecule has 0 saturated carbocycles. The molecule has 17 heavy (non-hydrogen) atoms. The summed E-state index contributed by atoms with van der Waals surface area (Å²) in [5.41, 5.74) is 4.98. The zero-order chi connectivity index (χ0) is 13.1. The standard InChI is InChI=1S/C9H7F3N2O3/c10-9(11,12)8(16)17-7(13)6(15)5-2-1-3-14-4-5/h1-4,7H,13H2. The Morgan fingerprint density at radius 3 is 2.53 bits per heavy atom. The second-order valence-electron chi connectivity index (χ2n) is 2.93. The van der Waals surface area contributed by atoms with Crippen molar-refractivity contribution in [1.29, 1.82) is 0 Å². The molecule has 2 N–H and O–H groups in total. The summed E-state index contributed by atoms with van der Waals surface area (Å²) in [6.07, 6.45) is -4.73. The third-order valence-electron chi connectivity index (χ3n) is 1.67. The fourth-order valence-electron chi connectivity index (χ4n) is 0.908. The first-order chi connectivity index (χ1) is 7.82.